The molecule has 0 unspecified atom stereocenters. The largest absolute Gasteiger partial charge is 0.0774 e. The molecule has 1 heteroatoms. The molecule has 0 bridgehead atoms. The third-order valence-electron chi connectivity index (χ3n) is 5.12. The molecule has 0 aromatic rings. The Morgan fingerprint density at radius 3 is 1.41 bits per heavy atom. The average molecular weight is 232 g/mol. The first kappa shape index (κ1) is 13.5. The Morgan fingerprint density at radius 1 is 0.471 bits per heavy atom. The Kier molecular flexibility index (Phi) is 5.94. The summed E-state index contributed by atoms with van der Waals surface area (Å²) in [7, 11) is 6.07. The Bertz CT molecular complexity index is 184. The van der Waals surface area contributed by atoms with Crippen molar-refractivity contribution in [3.8, 4) is 0 Å². The van der Waals surface area contributed by atoms with Crippen molar-refractivity contribution in [2.75, 3.05) is 0 Å². The predicted octanol–water partition coefficient (Wildman–Crippen LogP) is 5.27. The highest BCUT2D eigenvalue weighted by Gasteiger charge is 2.23. The minimum absolute atomic E-state index is 0.508. The molecule has 0 aromatic heterocycles. The van der Waals surface area contributed by atoms with Crippen molar-refractivity contribution in [1.29, 1.82) is 0 Å². The van der Waals surface area contributed by atoms with Crippen molar-refractivity contribution in [2.45, 2.75) is 89.3 Å². The van der Waals surface area contributed by atoms with E-state index in [1.807, 2.05) is 0 Å². The third-order valence-corrected chi connectivity index (χ3v) is 5.12. The molecule has 2 aliphatic carbocycles. The number of hydrogen-bond donors (Lipinski definition) is 0. The van der Waals surface area contributed by atoms with Crippen LogP contribution in [0.2, 0.25) is 5.82 Å². The molecule has 0 amide bonds. The SMILES string of the molecule is [B]C1CCCC(C2CCCCCCC2)CCC1. The highest BCUT2D eigenvalue weighted by molar-refractivity contribution is 6.11. The van der Waals surface area contributed by atoms with Crippen LogP contribution in [-0.2, 0) is 0 Å². The molecule has 0 saturated heterocycles. The quantitative estimate of drug-likeness (QED) is 0.540. The summed E-state index contributed by atoms with van der Waals surface area (Å²) in [6, 6.07) is 0. The van der Waals surface area contributed by atoms with Gasteiger partial charge in [0.05, 0.1) is 7.85 Å². The second-order valence-corrected chi connectivity index (χ2v) is 6.49. The third kappa shape index (κ3) is 4.68. The minimum atomic E-state index is 0.508. The molecule has 0 nitrogen and oxygen atoms in total. The Hall–Kier alpha value is 0.0649. The van der Waals surface area contributed by atoms with E-state index in [4.69, 9.17) is 7.85 Å². The molecule has 2 rings (SSSR count). The number of hydrogen-bond acceptors (Lipinski definition) is 0. The lowest BCUT2D eigenvalue weighted by Gasteiger charge is -2.31. The zero-order valence-corrected chi connectivity index (χ0v) is 11.5. The van der Waals surface area contributed by atoms with E-state index in [2.05, 4.69) is 0 Å². The van der Waals surface area contributed by atoms with Gasteiger partial charge in [0.1, 0.15) is 0 Å². The van der Waals surface area contributed by atoms with E-state index >= 15 is 0 Å². The Morgan fingerprint density at radius 2 is 0.882 bits per heavy atom. The second kappa shape index (κ2) is 7.49. The van der Waals surface area contributed by atoms with Crippen LogP contribution in [0.4, 0.5) is 0 Å². The summed E-state index contributed by atoms with van der Waals surface area (Å²) < 4.78 is 0. The van der Waals surface area contributed by atoms with Gasteiger partial charge in [-0.1, -0.05) is 89.3 Å². The van der Waals surface area contributed by atoms with E-state index in [1.165, 1.54) is 83.5 Å². The van der Waals surface area contributed by atoms with E-state index in [1.54, 1.807) is 0 Å². The molecular formula is C16H29B. The number of rotatable bonds is 1. The van der Waals surface area contributed by atoms with Gasteiger partial charge in [0, 0.05) is 0 Å². The van der Waals surface area contributed by atoms with Crippen molar-refractivity contribution in [1.82, 2.24) is 0 Å². The molecule has 0 N–H and O–H groups in total. The van der Waals surface area contributed by atoms with Crippen LogP contribution in [0.1, 0.15) is 83.5 Å². The lowest BCUT2D eigenvalue weighted by atomic mass is 9.71. The second-order valence-electron chi connectivity index (χ2n) is 6.49. The molecule has 96 valence electrons. The first-order valence-corrected chi connectivity index (χ1v) is 8.12. The van der Waals surface area contributed by atoms with Crippen LogP contribution in [-0.4, -0.2) is 7.85 Å². The van der Waals surface area contributed by atoms with Gasteiger partial charge in [-0.05, 0) is 11.8 Å². The maximum Gasteiger partial charge on any atom is 0.0699 e. The summed E-state index contributed by atoms with van der Waals surface area (Å²) in [5.41, 5.74) is 0. The zero-order valence-electron chi connectivity index (χ0n) is 11.5. The highest BCUT2D eigenvalue weighted by Crippen LogP contribution is 2.37. The molecule has 2 aliphatic rings. The topological polar surface area (TPSA) is 0 Å². The van der Waals surface area contributed by atoms with Crippen molar-refractivity contribution >= 4 is 7.85 Å². The van der Waals surface area contributed by atoms with Crippen LogP contribution >= 0.6 is 0 Å². The van der Waals surface area contributed by atoms with Crippen LogP contribution in [0.5, 0.6) is 0 Å². The summed E-state index contributed by atoms with van der Waals surface area (Å²) in [5, 5.41) is 0. The predicted molar refractivity (Wildman–Crippen MR) is 76.5 cm³/mol. The Balaban J connectivity index is 1.81. The molecule has 0 aliphatic heterocycles. The normalized spacial score (nSPS) is 34.4. The van der Waals surface area contributed by atoms with Crippen molar-refractivity contribution in [3.05, 3.63) is 0 Å². The van der Waals surface area contributed by atoms with Gasteiger partial charge in [-0.25, -0.2) is 0 Å². The van der Waals surface area contributed by atoms with Gasteiger partial charge in [0.2, 0.25) is 0 Å². The van der Waals surface area contributed by atoms with Gasteiger partial charge >= 0.3 is 0 Å². The van der Waals surface area contributed by atoms with E-state index in [9.17, 15) is 0 Å². The smallest absolute Gasteiger partial charge is 0.0699 e. The van der Waals surface area contributed by atoms with Gasteiger partial charge in [-0.2, -0.15) is 0 Å². The van der Waals surface area contributed by atoms with Gasteiger partial charge in [0.15, 0.2) is 0 Å². The maximum atomic E-state index is 6.07. The highest BCUT2D eigenvalue weighted by atomic mass is 14.3. The monoisotopic (exact) mass is 232 g/mol. The van der Waals surface area contributed by atoms with Crippen LogP contribution in [0.25, 0.3) is 0 Å². The molecule has 2 radical (unpaired) electrons. The average Bonchev–Trinajstić information content (AvgIpc) is 2.23. The van der Waals surface area contributed by atoms with Crippen molar-refractivity contribution in [3.63, 3.8) is 0 Å². The lowest BCUT2D eigenvalue weighted by Crippen LogP contribution is -2.18. The Labute approximate surface area is 109 Å². The summed E-state index contributed by atoms with van der Waals surface area (Å²) in [6.45, 7) is 0. The van der Waals surface area contributed by atoms with Crippen LogP contribution in [0, 0.1) is 11.8 Å². The summed E-state index contributed by atoms with van der Waals surface area (Å²) in [4.78, 5) is 0. The lowest BCUT2D eigenvalue weighted by molar-refractivity contribution is 0.221. The van der Waals surface area contributed by atoms with E-state index in [0.29, 0.717) is 5.82 Å². The summed E-state index contributed by atoms with van der Waals surface area (Å²) >= 11 is 0. The molecule has 0 spiro atoms. The van der Waals surface area contributed by atoms with Gasteiger partial charge in [0.25, 0.3) is 0 Å². The fraction of sp³-hybridized carbons (Fsp3) is 1.00. The standard InChI is InChI=1S/C16H29B/c17-16-12-6-10-15(11-7-13-16)14-8-4-2-1-3-5-9-14/h14-16H,1-13H2. The van der Waals surface area contributed by atoms with E-state index in [0.717, 1.165) is 11.8 Å². The van der Waals surface area contributed by atoms with Gasteiger partial charge in [-0.15, -0.1) is 0 Å². The maximum absolute atomic E-state index is 6.07. The van der Waals surface area contributed by atoms with Gasteiger partial charge < -0.3 is 0 Å². The molecule has 2 fully saturated rings. The van der Waals surface area contributed by atoms with Crippen molar-refractivity contribution in [2.24, 2.45) is 11.8 Å². The summed E-state index contributed by atoms with van der Waals surface area (Å²) in [5.74, 6) is 2.61. The minimum Gasteiger partial charge on any atom is -0.0774 e. The molecule has 0 aromatic carbocycles. The first-order valence-electron chi connectivity index (χ1n) is 8.12. The first-order chi connectivity index (χ1) is 8.36. The summed E-state index contributed by atoms with van der Waals surface area (Å²) in [6.07, 6.45) is 18.8. The zero-order chi connectivity index (χ0) is 11.9. The van der Waals surface area contributed by atoms with Gasteiger partial charge in [-0.3, -0.25) is 0 Å². The van der Waals surface area contributed by atoms with Crippen LogP contribution in [0.15, 0.2) is 0 Å². The van der Waals surface area contributed by atoms with Crippen molar-refractivity contribution < 1.29 is 0 Å². The fourth-order valence-electron chi connectivity index (χ4n) is 4.00. The van der Waals surface area contributed by atoms with Crippen LogP contribution < -0.4 is 0 Å². The molecule has 2 saturated carbocycles. The fourth-order valence-corrected chi connectivity index (χ4v) is 4.00. The molecule has 0 atom stereocenters. The van der Waals surface area contributed by atoms with Crippen LogP contribution in [0.3, 0.4) is 0 Å². The molecular weight excluding hydrogens is 203 g/mol. The van der Waals surface area contributed by atoms with E-state index < -0.39 is 0 Å². The molecule has 0 heterocycles. The van der Waals surface area contributed by atoms with E-state index in [-0.39, 0.29) is 0 Å². The molecule has 17 heavy (non-hydrogen) atoms.